The predicted molar refractivity (Wildman–Crippen MR) is 75.8 cm³/mol. The molecule has 1 fully saturated rings. The number of anilines is 1. The number of carbonyl (C=O) groups is 1. The van der Waals surface area contributed by atoms with E-state index in [9.17, 15) is 4.79 Å². The first-order valence-electron chi connectivity index (χ1n) is 6.34. The van der Waals surface area contributed by atoms with Crippen molar-refractivity contribution in [3.8, 4) is 0 Å². The Kier molecular flexibility index (Phi) is 4.88. The molecule has 0 amide bonds. The fourth-order valence-electron chi connectivity index (χ4n) is 2.26. The van der Waals surface area contributed by atoms with Crippen LogP contribution in [0.5, 0.6) is 0 Å². The summed E-state index contributed by atoms with van der Waals surface area (Å²) in [5, 5.41) is 1.02. The number of pyridine rings is 1. The zero-order valence-corrected chi connectivity index (χ0v) is 12.2. The van der Waals surface area contributed by atoms with Crippen LogP contribution in [0.25, 0.3) is 0 Å². The highest BCUT2D eigenvalue weighted by Gasteiger charge is 2.28. The molecule has 1 aromatic heterocycles. The molecule has 1 unspecified atom stereocenters. The summed E-state index contributed by atoms with van der Waals surface area (Å²) in [5.74, 6) is 0.430. The first kappa shape index (κ1) is 14.4. The van der Waals surface area contributed by atoms with Gasteiger partial charge in [-0.25, -0.2) is 4.98 Å². The molecule has 1 aliphatic heterocycles. The highest BCUT2D eigenvalue weighted by Crippen LogP contribution is 2.29. The van der Waals surface area contributed by atoms with E-state index in [4.69, 9.17) is 27.9 Å². The van der Waals surface area contributed by atoms with Gasteiger partial charge >= 0.3 is 5.97 Å². The molecule has 0 bridgehead atoms. The number of aromatic nitrogens is 1. The number of hydrogen-bond donors (Lipinski definition) is 0. The monoisotopic (exact) mass is 302 g/mol. The van der Waals surface area contributed by atoms with E-state index in [0.29, 0.717) is 29.0 Å². The zero-order chi connectivity index (χ0) is 13.8. The van der Waals surface area contributed by atoms with E-state index in [-0.39, 0.29) is 11.9 Å². The van der Waals surface area contributed by atoms with E-state index >= 15 is 0 Å². The second-order valence-electron chi connectivity index (χ2n) is 4.50. The van der Waals surface area contributed by atoms with Crippen molar-refractivity contribution >= 4 is 35.0 Å². The van der Waals surface area contributed by atoms with Crippen LogP contribution >= 0.6 is 23.2 Å². The molecule has 0 saturated carbocycles. The van der Waals surface area contributed by atoms with Crippen molar-refractivity contribution in [1.29, 1.82) is 0 Å². The Balaban J connectivity index is 2.10. The van der Waals surface area contributed by atoms with Crippen molar-refractivity contribution in [3.63, 3.8) is 0 Å². The summed E-state index contributed by atoms with van der Waals surface area (Å²) in [4.78, 5) is 18.1. The Labute approximate surface area is 122 Å². The quantitative estimate of drug-likeness (QED) is 0.804. The minimum atomic E-state index is -0.141. The number of halogens is 2. The standard InChI is InChI=1S/C13H16Cl2N2O2/c1-2-19-13(18)9-4-3-5-17(8-9)12-11(15)6-10(14)7-16-12/h6-7,9H,2-5,8H2,1H3. The number of ether oxygens (including phenoxy) is 1. The van der Waals surface area contributed by atoms with Crippen molar-refractivity contribution in [2.45, 2.75) is 19.8 Å². The van der Waals surface area contributed by atoms with Gasteiger partial charge in [0, 0.05) is 19.3 Å². The summed E-state index contributed by atoms with van der Waals surface area (Å²) in [6.07, 6.45) is 3.33. The average molecular weight is 303 g/mol. The molecule has 0 spiro atoms. The van der Waals surface area contributed by atoms with E-state index in [1.165, 1.54) is 0 Å². The van der Waals surface area contributed by atoms with Gasteiger partial charge in [0.1, 0.15) is 5.82 Å². The van der Waals surface area contributed by atoms with Crippen LogP contribution < -0.4 is 4.90 Å². The van der Waals surface area contributed by atoms with Crippen molar-refractivity contribution in [2.24, 2.45) is 5.92 Å². The van der Waals surface area contributed by atoms with Crippen molar-refractivity contribution < 1.29 is 9.53 Å². The Bertz CT molecular complexity index is 468. The molecule has 1 aromatic rings. The van der Waals surface area contributed by atoms with Crippen LogP contribution in [0.3, 0.4) is 0 Å². The van der Waals surface area contributed by atoms with E-state index in [2.05, 4.69) is 4.98 Å². The molecule has 19 heavy (non-hydrogen) atoms. The molecule has 2 heterocycles. The molecule has 0 radical (unpaired) electrons. The summed E-state index contributed by atoms with van der Waals surface area (Å²) in [5.41, 5.74) is 0. The lowest BCUT2D eigenvalue weighted by atomic mass is 9.98. The molecule has 4 nitrogen and oxygen atoms in total. The molecule has 1 aliphatic rings. The normalized spacial score (nSPS) is 19.3. The summed E-state index contributed by atoms with van der Waals surface area (Å²) >= 11 is 12.0. The van der Waals surface area contributed by atoms with Crippen LogP contribution in [-0.4, -0.2) is 30.6 Å². The molecule has 104 valence electrons. The van der Waals surface area contributed by atoms with E-state index in [1.807, 2.05) is 11.8 Å². The molecule has 6 heteroatoms. The lowest BCUT2D eigenvalue weighted by Crippen LogP contribution is -2.40. The Hall–Kier alpha value is -1.000. The largest absolute Gasteiger partial charge is 0.466 e. The summed E-state index contributed by atoms with van der Waals surface area (Å²) in [6.45, 7) is 3.66. The van der Waals surface area contributed by atoms with Crippen LogP contribution in [0.1, 0.15) is 19.8 Å². The Morgan fingerprint density at radius 2 is 2.37 bits per heavy atom. The topological polar surface area (TPSA) is 42.4 Å². The third kappa shape index (κ3) is 3.51. The number of rotatable bonds is 3. The second kappa shape index (κ2) is 6.44. The minimum absolute atomic E-state index is 0.109. The van der Waals surface area contributed by atoms with Crippen LogP contribution in [0, 0.1) is 5.92 Å². The molecule has 0 N–H and O–H groups in total. The molecule has 1 saturated heterocycles. The molecule has 1 atom stereocenters. The number of esters is 1. The minimum Gasteiger partial charge on any atom is -0.466 e. The first-order valence-corrected chi connectivity index (χ1v) is 7.10. The van der Waals surface area contributed by atoms with E-state index in [0.717, 1.165) is 19.4 Å². The first-order chi connectivity index (χ1) is 9.11. The lowest BCUT2D eigenvalue weighted by molar-refractivity contribution is -0.148. The average Bonchev–Trinajstić information content (AvgIpc) is 2.39. The number of piperidine rings is 1. The van der Waals surface area contributed by atoms with Crippen molar-refractivity contribution in [1.82, 2.24) is 4.98 Å². The van der Waals surface area contributed by atoms with Crippen LogP contribution in [0.2, 0.25) is 10.0 Å². The summed E-state index contributed by atoms with van der Waals surface area (Å²) < 4.78 is 5.07. The van der Waals surface area contributed by atoms with Gasteiger partial charge in [-0.15, -0.1) is 0 Å². The van der Waals surface area contributed by atoms with E-state index < -0.39 is 0 Å². The summed E-state index contributed by atoms with van der Waals surface area (Å²) in [7, 11) is 0. The van der Waals surface area contributed by atoms with Gasteiger partial charge < -0.3 is 9.64 Å². The molecular formula is C13H16Cl2N2O2. The molecular weight excluding hydrogens is 287 g/mol. The second-order valence-corrected chi connectivity index (χ2v) is 5.34. The Morgan fingerprint density at radius 1 is 1.58 bits per heavy atom. The maximum atomic E-state index is 11.8. The summed E-state index contributed by atoms with van der Waals surface area (Å²) in [6, 6.07) is 1.67. The van der Waals surface area contributed by atoms with Crippen molar-refractivity contribution in [3.05, 3.63) is 22.3 Å². The molecule has 0 aromatic carbocycles. The molecule has 0 aliphatic carbocycles. The lowest BCUT2D eigenvalue weighted by Gasteiger charge is -2.32. The third-order valence-corrected chi connectivity index (χ3v) is 3.61. The van der Waals surface area contributed by atoms with Gasteiger partial charge in [0.05, 0.1) is 22.6 Å². The van der Waals surface area contributed by atoms with Crippen LogP contribution in [0.15, 0.2) is 12.3 Å². The maximum absolute atomic E-state index is 11.8. The number of hydrogen-bond acceptors (Lipinski definition) is 4. The van der Waals surface area contributed by atoms with Crippen LogP contribution in [-0.2, 0) is 9.53 Å². The van der Waals surface area contributed by atoms with Crippen molar-refractivity contribution in [2.75, 3.05) is 24.6 Å². The highest BCUT2D eigenvalue weighted by atomic mass is 35.5. The van der Waals surface area contributed by atoms with Gasteiger partial charge in [-0.3, -0.25) is 4.79 Å². The highest BCUT2D eigenvalue weighted by molar-refractivity contribution is 6.36. The fraction of sp³-hybridized carbons (Fsp3) is 0.538. The van der Waals surface area contributed by atoms with Gasteiger partial charge in [-0.2, -0.15) is 0 Å². The van der Waals surface area contributed by atoms with Gasteiger partial charge in [0.25, 0.3) is 0 Å². The zero-order valence-electron chi connectivity index (χ0n) is 10.7. The van der Waals surface area contributed by atoms with Gasteiger partial charge in [0.2, 0.25) is 0 Å². The maximum Gasteiger partial charge on any atom is 0.310 e. The molecule has 2 rings (SSSR count). The SMILES string of the molecule is CCOC(=O)C1CCCN(c2ncc(Cl)cc2Cl)C1. The smallest absolute Gasteiger partial charge is 0.310 e. The number of nitrogens with zero attached hydrogens (tertiary/aromatic N) is 2. The van der Waals surface area contributed by atoms with Gasteiger partial charge in [-0.1, -0.05) is 23.2 Å². The van der Waals surface area contributed by atoms with Gasteiger partial charge in [-0.05, 0) is 25.8 Å². The predicted octanol–water partition coefficient (Wildman–Crippen LogP) is 3.17. The Morgan fingerprint density at radius 3 is 3.05 bits per heavy atom. The fourth-order valence-corrected chi connectivity index (χ4v) is 2.76. The van der Waals surface area contributed by atoms with Crippen LogP contribution in [0.4, 0.5) is 5.82 Å². The third-order valence-electron chi connectivity index (χ3n) is 3.13. The number of carbonyl (C=O) groups excluding carboxylic acids is 1. The van der Waals surface area contributed by atoms with E-state index in [1.54, 1.807) is 12.3 Å². The van der Waals surface area contributed by atoms with Gasteiger partial charge in [0.15, 0.2) is 0 Å².